The third kappa shape index (κ3) is 2.18. The largest absolute Gasteiger partial charge is 0.328 e. The fraction of sp³-hybridized carbons (Fsp3) is 0.0833. The Labute approximate surface area is 96.1 Å². The van der Waals surface area contributed by atoms with Crippen molar-refractivity contribution in [3.63, 3.8) is 0 Å². The minimum Gasteiger partial charge on any atom is -0.328 e. The molecular weight excluding hydrogens is 254 g/mol. The normalized spacial score (nSPS) is 10.3. The van der Waals surface area contributed by atoms with Crippen LogP contribution in [0.2, 0.25) is 0 Å². The molecule has 1 heterocycles. The van der Waals surface area contributed by atoms with Crippen molar-refractivity contribution in [2.75, 3.05) is 0 Å². The standard InChI is InChI=1S/C12H10BrNO/c1-8-2-4-9(5-3-8)10-6-11(13)12(15)14-7-10/h2-7H,1H3,(H,14,15). The van der Waals surface area contributed by atoms with Gasteiger partial charge in [-0.05, 0) is 40.0 Å². The minimum absolute atomic E-state index is 0.106. The van der Waals surface area contributed by atoms with Crippen LogP contribution in [0.4, 0.5) is 0 Å². The molecule has 0 aliphatic rings. The van der Waals surface area contributed by atoms with Crippen molar-refractivity contribution in [3.8, 4) is 11.1 Å². The second-order valence-electron chi connectivity index (χ2n) is 3.43. The molecule has 0 amide bonds. The Morgan fingerprint density at radius 1 is 1.13 bits per heavy atom. The van der Waals surface area contributed by atoms with Gasteiger partial charge >= 0.3 is 0 Å². The number of pyridine rings is 1. The molecule has 2 rings (SSSR count). The van der Waals surface area contributed by atoms with Crippen LogP contribution in [0.5, 0.6) is 0 Å². The summed E-state index contributed by atoms with van der Waals surface area (Å²) >= 11 is 3.21. The van der Waals surface area contributed by atoms with Gasteiger partial charge in [0.05, 0.1) is 4.47 Å². The molecule has 1 aromatic carbocycles. The van der Waals surface area contributed by atoms with Crippen molar-refractivity contribution in [1.29, 1.82) is 0 Å². The van der Waals surface area contributed by atoms with E-state index in [-0.39, 0.29) is 5.56 Å². The van der Waals surface area contributed by atoms with Crippen LogP contribution in [-0.2, 0) is 0 Å². The molecule has 0 spiro atoms. The highest BCUT2D eigenvalue weighted by Gasteiger charge is 2.00. The molecule has 0 aliphatic carbocycles. The zero-order valence-corrected chi connectivity index (χ0v) is 9.84. The summed E-state index contributed by atoms with van der Waals surface area (Å²) in [6, 6.07) is 10.00. The third-order valence-electron chi connectivity index (χ3n) is 2.24. The van der Waals surface area contributed by atoms with Gasteiger partial charge in [-0.1, -0.05) is 29.8 Å². The highest BCUT2D eigenvalue weighted by atomic mass is 79.9. The number of H-pyrrole nitrogens is 1. The average Bonchev–Trinajstić information content (AvgIpc) is 2.23. The number of hydrogen-bond acceptors (Lipinski definition) is 1. The fourth-order valence-electron chi connectivity index (χ4n) is 1.37. The van der Waals surface area contributed by atoms with Crippen LogP contribution in [-0.4, -0.2) is 4.98 Å². The van der Waals surface area contributed by atoms with E-state index in [1.54, 1.807) is 6.20 Å². The summed E-state index contributed by atoms with van der Waals surface area (Å²) in [5.74, 6) is 0. The van der Waals surface area contributed by atoms with Gasteiger partial charge in [-0.2, -0.15) is 0 Å². The van der Waals surface area contributed by atoms with Crippen molar-refractivity contribution in [1.82, 2.24) is 4.98 Å². The van der Waals surface area contributed by atoms with E-state index in [2.05, 4.69) is 20.9 Å². The number of hydrogen-bond donors (Lipinski definition) is 1. The first-order valence-corrected chi connectivity index (χ1v) is 5.41. The predicted molar refractivity (Wildman–Crippen MR) is 64.9 cm³/mol. The molecule has 1 aromatic heterocycles. The molecule has 1 N–H and O–H groups in total. The lowest BCUT2D eigenvalue weighted by atomic mass is 10.1. The Bertz CT molecular complexity index is 528. The summed E-state index contributed by atoms with van der Waals surface area (Å²) in [5.41, 5.74) is 3.21. The van der Waals surface area contributed by atoms with Crippen LogP contribution in [0.3, 0.4) is 0 Å². The zero-order chi connectivity index (χ0) is 10.8. The first kappa shape index (κ1) is 10.2. The minimum atomic E-state index is -0.106. The van der Waals surface area contributed by atoms with E-state index in [9.17, 15) is 4.79 Å². The molecule has 76 valence electrons. The molecule has 0 aliphatic heterocycles. The van der Waals surface area contributed by atoms with Gasteiger partial charge in [0.2, 0.25) is 0 Å². The smallest absolute Gasteiger partial charge is 0.262 e. The van der Waals surface area contributed by atoms with E-state index in [0.29, 0.717) is 4.47 Å². The van der Waals surface area contributed by atoms with Gasteiger partial charge in [0.1, 0.15) is 0 Å². The van der Waals surface area contributed by atoms with E-state index in [4.69, 9.17) is 0 Å². The maximum atomic E-state index is 11.2. The molecule has 2 nitrogen and oxygen atoms in total. The quantitative estimate of drug-likeness (QED) is 0.843. The summed E-state index contributed by atoms with van der Waals surface area (Å²) in [7, 11) is 0. The van der Waals surface area contributed by atoms with Crippen LogP contribution in [0.15, 0.2) is 45.8 Å². The Kier molecular flexibility index (Phi) is 2.73. The lowest BCUT2D eigenvalue weighted by Crippen LogP contribution is -2.04. The second-order valence-corrected chi connectivity index (χ2v) is 4.29. The van der Waals surface area contributed by atoms with Gasteiger partial charge in [0, 0.05) is 6.20 Å². The number of aromatic nitrogens is 1. The number of benzene rings is 1. The monoisotopic (exact) mass is 263 g/mol. The zero-order valence-electron chi connectivity index (χ0n) is 8.25. The molecule has 15 heavy (non-hydrogen) atoms. The molecule has 0 saturated heterocycles. The van der Waals surface area contributed by atoms with Crippen molar-refractivity contribution < 1.29 is 0 Å². The van der Waals surface area contributed by atoms with E-state index in [1.807, 2.05) is 37.3 Å². The fourth-order valence-corrected chi connectivity index (χ4v) is 1.73. The predicted octanol–water partition coefficient (Wildman–Crippen LogP) is 3.11. The summed E-state index contributed by atoms with van der Waals surface area (Å²) in [5, 5.41) is 0. The average molecular weight is 264 g/mol. The summed E-state index contributed by atoms with van der Waals surface area (Å²) in [4.78, 5) is 13.8. The number of rotatable bonds is 1. The van der Waals surface area contributed by atoms with Crippen LogP contribution in [0.1, 0.15) is 5.56 Å². The molecule has 0 saturated carbocycles. The van der Waals surface area contributed by atoms with Crippen LogP contribution < -0.4 is 5.56 Å². The lowest BCUT2D eigenvalue weighted by Gasteiger charge is -2.02. The van der Waals surface area contributed by atoms with Gasteiger partial charge in [-0.25, -0.2) is 0 Å². The molecule has 3 heteroatoms. The number of aryl methyl sites for hydroxylation is 1. The molecule has 0 unspecified atom stereocenters. The van der Waals surface area contributed by atoms with Crippen molar-refractivity contribution in [2.45, 2.75) is 6.92 Å². The topological polar surface area (TPSA) is 32.9 Å². The van der Waals surface area contributed by atoms with E-state index < -0.39 is 0 Å². The highest BCUT2D eigenvalue weighted by Crippen LogP contribution is 2.20. The maximum Gasteiger partial charge on any atom is 0.262 e. The number of nitrogens with one attached hydrogen (secondary N) is 1. The van der Waals surface area contributed by atoms with Crippen molar-refractivity contribution >= 4 is 15.9 Å². The van der Waals surface area contributed by atoms with Gasteiger partial charge in [0.25, 0.3) is 5.56 Å². The lowest BCUT2D eigenvalue weighted by molar-refractivity contribution is 1.22. The SMILES string of the molecule is Cc1ccc(-c2c[nH]c(=O)c(Br)c2)cc1. The van der Waals surface area contributed by atoms with E-state index in [1.165, 1.54) is 5.56 Å². The van der Waals surface area contributed by atoms with Gasteiger partial charge < -0.3 is 4.98 Å². The summed E-state index contributed by atoms with van der Waals surface area (Å²) < 4.78 is 0.556. The van der Waals surface area contributed by atoms with Gasteiger partial charge in [0.15, 0.2) is 0 Å². The van der Waals surface area contributed by atoms with Crippen LogP contribution in [0.25, 0.3) is 11.1 Å². The molecule has 0 atom stereocenters. The Morgan fingerprint density at radius 2 is 1.80 bits per heavy atom. The van der Waals surface area contributed by atoms with Crippen LogP contribution in [0, 0.1) is 6.92 Å². The first-order valence-electron chi connectivity index (χ1n) is 4.62. The number of halogens is 1. The maximum absolute atomic E-state index is 11.2. The van der Waals surface area contributed by atoms with E-state index in [0.717, 1.165) is 11.1 Å². The Morgan fingerprint density at radius 3 is 2.40 bits per heavy atom. The molecular formula is C12H10BrNO. The molecule has 0 radical (unpaired) electrons. The second kappa shape index (κ2) is 4.03. The van der Waals surface area contributed by atoms with Gasteiger partial charge in [-0.3, -0.25) is 4.79 Å². The Balaban J connectivity index is 2.50. The summed E-state index contributed by atoms with van der Waals surface area (Å²) in [6.45, 7) is 2.05. The molecule has 2 aromatic rings. The van der Waals surface area contributed by atoms with Gasteiger partial charge in [-0.15, -0.1) is 0 Å². The first-order chi connectivity index (χ1) is 7.16. The molecule has 0 fully saturated rings. The van der Waals surface area contributed by atoms with Crippen molar-refractivity contribution in [3.05, 3.63) is 56.9 Å². The van der Waals surface area contributed by atoms with Crippen molar-refractivity contribution in [2.24, 2.45) is 0 Å². The highest BCUT2D eigenvalue weighted by molar-refractivity contribution is 9.10. The summed E-state index contributed by atoms with van der Waals surface area (Å²) in [6.07, 6.45) is 1.72. The third-order valence-corrected chi connectivity index (χ3v) is 2.83. The van der Waals surface area contributed by atoms with E-state index >= 15 is 0 Å². The molecule has 0 bridgehead atoms. The number of aromatic amines is 1. The van der Waals surface area contributed by atoms with Crippen LogP contribution >= 0.6 is 15.9 Å². The Hall–Kier alpha value is -1.35.